The number of nitrogens with zero attached hydrogens (tertiary/aromatic N) is 2. The van der Waals surface area contributed by atoms with Gasteiger partial charge in [-0.3, -0.25) is 9.10 Å². The fraction of sp³-hybridized carbons (Fsp3) is 0.409. The Morgan fingerprint density at radius 2 is 1.67 bits per heavy atom. The largest absolute Gasteiger partial charge is 0.481 e. The number of hydrogen-bond acceptors (Lipinski definition) is 5. The zero-order valence-electron chi connectivity index (χ0n) is 18.0. The number of ether oxygens (including phenoxy) is 1. The second-order valence-corrected chi connectivity index (χ2v) is 9.15. The van der Waals surface area contributed by atoms with Crippen molar-refractivity contribution in [2.45, 2.75) is 25.9 Å². The van der Waals surface area contributed by atoms with Crippen LogP contribution in [0.3, 0.4) is 0 Å². The fourth-order valence-corrected chi connectivity index (χ4v) is 3.37. The number of benzene rings is 2. The summed E-state index contributed by atoms with van der Waals surface area (Å²) in [7, 11) is 0.195. The molecule has 0 spiro atoms. The highest BCUT2D eigenvalue weighted by Crippen LogP contribution is 2.21. The van der Waals surface area contributed by atoms with Gasteiger partial charge in [0.25, 0.3) is 5.91 Å². The number of rotatable bonds is 11. The maximum absolute atomic E-state index is 12.5. The minimum atomic E-state index is -3.32. The molecule has 2 aromatic rings. The highest BCUT2D eigenvalue weighted by molar-refractivity contribution is 7.92. The minimum Gasteiger partial charge on any atom is -0.481 e. The highest BCUT2D eigenvalue weighted by atomic mass is 32.2. The molecule has 0 saturated heterocycles. The first-order valence-corrected chi connectivity index (χ1v) is 11.8. The van der Waals surface area contributed by atoms with E-state index in [9.17, 15) is 13.2 Å². The van der Waals surface area contributed by atoms with Crippen molar-refractivity contribution in [3.8, 4) is 5.75 Å². The van der Waals surface area contributed by atoms with Gasteiger partial charge in [0.2, 0.25) is 10.0 Å². The lowest BCUT2D eigenvalue weighted by Gasteiger charge is -2.21. The smallest absolute Gasteiger partial charge is 0.261 e. The van der Waals surface area contributed by atoms with Gasteiger partial charge < -0.3 is 15.0 Å². The number of carbonyl (C=O) groups excluding carboxylic acids is 1. The predicted molar refractivity (Wildman–Crippen MR) is 122 cm³/mol. The van der Waals surface area contributed by atoms with Crippen LogP contribution in [0, 0.1) is 0 Å². The van der Waals surface area contributed by atoms with Crippen LogP contribution in [0.1, 0.15) is 19.8 Å². The Labute approximate surface area is 179 Å². The third-order valence-electron chi connectivity index (χ3n) is 4.81. The number of hydrogen-bond donors (Lipinski definition) is 1. The quantitative estimate of drug-likeness (QED) is 0.551. The zero-order chi connectivity index (χ0) is 22.1. The van der Waals surface area contributed by atoms with Crippen LogP contribution in [-0.4, -0.2) is 53.9 Å². The molecule has 2 aromatic carbocycles. The molecular weight excluding hydrogens is 402 g/mol. The van der Waals surface area contributed by atoms with Crippen molar-refractivity contribution in [3.63, 3.8) is 0 Å². The second kappa shape index (κ2) is 10.9. The predicted octanol–water partition coefficient (Wildman–Crippen LogP) is 2.88. The topological polar surface area (TPSA) is 78.9 Å². The summed E-state index contributed by atoms with van der Waals surface area (Å²) in [6.45, 7) is 3.28. The van der Waals surface area contributed by atoms with E-state index in [2.05, 4.69) is 22.3 Å². The summed E-state index contributed by atoms with van der Waals surface area (Å²) in [4.78, 5) is 14.6. The molecular formula is C22H31N3O4S. The number of sulfonamides is 1. The SMILES string of the molecule is CC[C@H](Oc1ccc(N(C)S(C)(=O)=O)cc1)C(=O)NCCCN(C)c1ccccc1. The number of carbonyl (C=O) groups is 1. The first kappa shape index (κ1) is 23.5. The van der Waals surface area contributed by atoms with Gasteiger partial charge in [-0.05, 0) is 49.2 Å². The molecule has 7 nitrogen and oxygen atoms in total. The standard InChI is InChI=1S/C22H31N3O4S/c1-5-21(29-20-14-12-19(13-15-20)25(3)30(4,27)28)22(26)23-16-9-17-24(2)18-10-7-6-8-11-18/h6-8,10-15,21H,5,9,16-17H2,1-4H3,(H,23,26)/t21-/m0/s1. The first-order chi connectivity index (χ1) is 14.2. The molecule has 0 aliphatic carbocycles. The van der Waals surface area contributed by atoms with Crippen molar-refractivity contribution in [3.05, 3.63) is 54.6 Å². The molecule has 0 unspecified atom stereocenters. The Kier molecular flexibility index (Phi) is 8.53. The van der Waals surface area contributed by atoms with Crippen LogP contribution in [0.2, 0.25) is 0 Å². The molecule has 0 aliphatic rings. The van der Waals surface area contributed by atoms with Crippen LogP contribution >= 0.6 is 0 Å². The maximum atomic E-state index is 12.5. The molecule has 0 aromatic heterocycles. The third-order valence-corrected chi connectivity index (χ3v) is 6.01. The molecule has 1 N–H and O–H groups in total. The number of amides is 1. The molecule has 0 aliphatic heterocycles. The van der Waals surface area contributed by atoms with Gasteiger partial charge in [0, 0.05) is 32.9 Å². The number of para-hydroxylation sites is 1. The van der Waals surface area contributed by atoms with Crippen molar-refractivity contribution in [1.82, 2.24) is 5.32 Å². The highest BCUT2D eigenvalue weighted by Gasteiger charge is 2.18. The van der Waals surface area contributed by atoms with E-state index < -0.39 is 16.1 Å². The van der Waals surface area contributed by atoms with Gasteiger partial charge in [-0.25, -0.2) is 8.42 Å². The van der Waals surface area contributed by atoms with E-state index in [1.165, 1.54) is 11.4 Å². The molecule has 2 rings (SSSR count). The van der Waals surface area contributed by atoms with E-state index in [1.807, 2.05) is 32.2 Å². The van der Waals surface area contributed by atoms with Gasteiger partial charge >= 0.3 is 0 Å². The summed E-state index contributed by atoms with van der Waals surface area (Å²) in [5.41, 5.74) is 1.67. The maximum Gasteiger partial charge on any atom is 0.261 e. The molecule has 8 heteroatoms. The lowest BCUT2D eigenvalue weighted by atomic mass is 10.2. The van der Waals surface area contributed by atoms with E-state index >= 15 is 0 Å². The first-order valence-electron chi connectivity index (χ1n) is 9.97. The van der Waals surface area contributed by atoms with Crippen LogP contribution in [0.5, 0.6) is 5.75 Å². The normalized spacial score (nSPS) is 12.1. The van der Waals surface area contributed by atoms with Crippen molar-refractivity contribution in [2.24, 2.45) is 0 Å². The Morgan fingerprint density at radius 1 is 1.03 bits per heavy atom. The van der Waals surface area contributed by atoms with E-state index in [0.717, 1.165) is 24.9 Å². The summed E-state index contributed by atoms with van der Waals surface area (Å²) in [6.07, 6.45) is 1.89. The average Bonchev–Trinajstić information content (AvgIpc) is 2.74. The van der Waals surface area contributed by atoms with Crippen molar-refractivity contribution >= 4 is 27.3 Å². The Bertz CT molecular complexity index is 902. The van der Waals surface area contributed by atoms with Crippen molar-refractivity contribution in [2.75, 3.05) is 42.6 Å². The van der Waals surface area contributed by atoms with Gasteiger partial charge in [-0.1, -0.05) is 25.1 Å². The molecule has 0 fully saturated rings. The van der Waals surface area contributed by atoms with Gasteiger partial charge in [0.05, 0.1) is 11.9 Å². The van der Waals surface area contributed by atoms with Gasteiger partial charge in [0.15, 0.2) is 6.10 Å². The van der Waals surface area contributed by atoms with E-state index in [0.29, 0.717) is 24.4 Å². The lowest BCUT2D eigenvalue weighted by molar-refractivity contribution is -0.128. The van der Waals surface area contributed by atoms with Crippen LogP contribution in [-0.2, 0) is 14.8 Å². The summed E-state index contributed by atoms with van der Waals surface area (Å²) in [5, 5.41) is 2.93. The summed E-state index contributed by atoms with van der Waals surface area (Å²) in [6, 6.07) is 16.7. The third kappa shape index (κ3) is 6.95. The Hall–Kier alpha value is -2.74. The second-order valence-electron chi connectivity index (χ2n) is 7.14. The minimum absolute atomic E-state index is 0.155. The Morgan fingerprint density at radius 3 is 2.23 bits per heavy atom. The van der Waals surface area contributed by atoms with Crippen molar-refractivity contribution in [1.29, 1.82) is 0 Å². The monoisotopic (exact) mass is 433 g/mol. The number of anilines is 2. The number of nitrogens with one attached hydrogen (secondary N) is 1. The van der Waals surface area contributed by atoms with Crippen molar-refractivity contribution < 1.29 is 17.9 Å². The van der Waals surface area contributed by atoms with Crippen LogP contribution in [0.15, 0.2) is 54.6 Å². The zero-order valence-corrected chi connectivity index (χ0v) is 18.9. The summed E-state index contributed by atoms with van der Waals surface area (Å²) in [5.74, 6) is 0.364. The molecule has 0 radical (unpaired) electrons. The molecule has 0 bridgehead atoms. The van der Waals surface area contributed by atoms with E-state index in [-0.39, 0.29) is 5.91 Å². The van der Waals surface area contributed by atoms with Gasteiger partial charge in [-0.15, -0.1) is 0 Å². The molecule has 1 atom stereocenters. The molecule has 30 heavy (non-hydrogen) atoms. The van der Waals surface area contributed by atoms with Gasteiger partial charge in [-0.2, -0.15) is 0 Å². The van der Waals surface area contributed by atoms with Crippen LogP contribution in [0.25, 0.3) is 0 Å². The summed E-state index contributed by atoms with van der Waals surface area (Å²) >= 11 is 0. The molecule has 0 saturated carbocycles. The van der Waals surface area contributed by atoms with E-state index in [4.69, 9.17) is 4.74 Å². The van der Waals surface area contributed by atoms with Crippen LogP contribution < -0.4 is 19.3 Å². The van der Waals surface area contributed by atoms with Crippen LogP contribution in [0.4, 0.5) is 11.4 Å². The molecule has 0 heterocycles. The fourth-order valence-electron chi connectivity index (χ4n) is 2.87. The van der Waals surface area contributed by atoms with Gasteiger partial charge in [0.1, 0.15) is 5.75 Å². The summed E-state index contributed by atoms with van der Waals surface area (Å²) < 4.78 is 30.2. The van der Waals surface area contributed by atoms with E-state index in [1.54, 1.807) is 24.3 Å². The average molecular weight is 434 g/mol. The molecule has 164 valence electrons. The lowest BCUT2D eigenvalue weighted by Crippen LogP contribution is -2.39. The molecule has 1 amide bonds. The Balaban J connectivity index is 1.81.